The molecule has 0 unspecified atom stereocenters. The Balaban J connectivity index is 1.30. The van der Waals surface area contributed by atoms with Crippen molar-refractivity contribution in [2.45, 2.75) is 43.4 Å². The monoisotopic (exact) mass is 413 g/mol. The van der Waals surface area contributed by atoms with Crippen LogP contribution in [0.2, 0.25) is 0 Å². The topological polar surface area (TPSA) is 79.4 Å². The van der Waals surface area contributed by atoms with Gasteiger partial charge in [-0.2, -0.15) is 4.31 Å². The van der Waals surface area contributed by atoms with Gasteiger partial charge in [-0.25, -0.2) is 8.42 Å². The van der Waals surface area contributed by atoms with Crippen LogP contribution in [0.15, 0.2) is 47.5 Å². The molecule has 0 atom stereocenters. The first-order valence-corrected chi connectivity index (χ1v) is 11.8. The molecular weight excluding hydrogens is 386 g/mol. The lowest BCUT2D eigenvalue weighted by atomic mass is 9.97. The number of sulfonamides is 1. The fraction of sp³-hybridized carbons (Fsp3) is 0.455. The molecule has 2 aliphatic rings. The molecule has 1 aliphatic heterocycles. The van der Waals surface area contributed by atoms with Crippen molar-refractivity contribution in [1.29, 1.82) is 0 Å². The van der Waals surface area contributed by atoms with Gasteiger partial charge in [0.25, 0.3) is 0 Å². The van der Waals surface area contributed by atoms with Gasteiger partial charge in [0.1, 0.15) is 0 Å². The average molecular weight is 414 g/mol. The number of carbonyl (C=O) groups is 1. The number of benzene rings is 1. The molecule has 1 aromatic carbocycles. The Morgan fingerprint density at radius 1 is 1.10 bits per heavy atom. The predicted octanol–water partition coefficient (Wildman–Crippen LogP) is 2.33. The number of hydrogen-bond acceptors (Lipinski definition) is 4. The number of aromatic nitrogens is 1. The maximum Gasteiger partial charge on any atom is 0.243 e. The number of nitrogens with zero attached hydrogens (tertiary/aromatic N) is 2. The molecule has 1 aliphatic carbocycles. The summed E-state index contributed by atoms with van der Waals surface area (Å²) in [6.45, 7) is 1.32. The molecular formula is C22H27N3O3S. The van der Waals surface area contributed by atoms with Crippen LogP contribution in [-0.2, 0) is 34.1 Å². The summed E-state index contributed by atoms with van der Waals surface area (Å²) in [5.41, 5.74) is 3.38. The normalized spacial score (nSPS) is 17.8. The number of nitrogens with one attached hydrogen (secondary N) is 1. The third-order valence-electron chi connectivity index (χ3n) is 5.94. The second-order valence-electron chi connectivity index (χ2n) is 7.82. The number of hydrogen-bond donors (Lipinski definition) is 1. The van der Waals surface area contributed by atoms with Crippen LogP contribution in [0, 0.1) is 5.92 Å². The SMILES string of the molecule is O=C(NCCc1ccccn1)C1CCN(S(=O)(=O)c2ccc3c(c2)CCC3)CC1. The number of amides is 1. The van der Waals surface area contributed by atoms with E-state index in [2.05, 4.69) is 10.3 Å². The molecule has 29 heavy (non-hydrogen) atoms. The van der Waals surface area contributed by atoms with E-state index in [-0.39, 0.29) is 11.8 Å². The minimum atomic E-state index is -3.49. The van der Waals surface area contributed by atoms with Gasteiger partial charge in [-0.3, -0.25) is 9.78 Å². The predicted molar refractivity (Wildman–Crippen MR) is 111 cm³/mol. The second kappa shape index (κ2) is 8.63. The molecule has 0 radical (unpaired) electrons. The third-order valence-corrected chi connectivity index (χ3v) is 7.83. The zero-order valence-electron chi connectivity index (χ0n) is 16.5. The maximum absolute atomic E-state index is 13.0. The minimum Gasteiger partial charge on any atom is -0.355 e. The van der Waals surface area contributed by atoms with Crippen molar-refractivity contribution < 1.29 is 13.2 Å². The van der Waals surface area contributed by atoms with Crippen LogP contribution in [0.25, 0.3) is 0 Å². The average Bonchev–Trinajstić information content (AvgIpc) is 3.22. The van der Waals surface area contributed by atoms with Crippen molar-refractivity contribution in [2.75, 3.05) is 19.6 Å². The molecule has 1 amide bonds. The van der Waals surface area contributed by atoms with E-state index < -0.39 is 10.0 Å². The fourth-order valence-electron chi connectivity index (χ4n) is 4.22. The van der Waals surface area contributed by atoms with Gasteiger partial charge in [0.05, 0.1) is 4.90 Å². The Hall–Kier alpha value is -2.25. The van der Waals surface area contributed by atoms with Gasteiger partial charge < -0.3 is 5.32 Å². The van der Waals surface area contributed by atoms with E-state index in [1.807, 2.05) is 30.3 Å². The van der Waals surface area contributed by atoms with Crippen molar-refractivity contribution in [2.24, 2.45) is 5.92 Å². The van der Waals surface area contributed by atoms with E-state index in [1.54, 1.807) is 12.3 Å². The summed E-state index contributed by atoms with van der Waals surface area (Å²) in [4.78, 5) is 17.1. The van der Waals surface area contributed by atoms with E-state index in [9.17, 15) is 13.2 Å². The quantitative estimate of drug-likeness (QED) is 0.788. The van der Waals surface area contributed by atoms with Crippen molar-refractivity contribution in [3.63, 3.8) is 0 Å². The fourth-order valence-corrected chi connectivity index (χ4v) is 5.74. The van der Waals surface area contributed by atoms with Gasteiger partial charge in [0.2, 0.25) is 15.9 Å². The van der Waals surface area contributed by atoms with Crippen LogP contribution in [0.1, 0.15) is 36.1 Å². The summed E-state index contributed by atoms with van der Waals surface area (Å²) in [5.74, 6) is -0.124. The summed E-state index contributed by atoms with van der Waals surface area (Å²) < 4.78 is 27.6. The van der Waals surface area contributed by atoms with Crippen LogP contribution >= 0.6 is 0 Å². The summed E-state index contributed by atoms with van der Waals surface area (Å²) in [5, 5.41) is 2.97. The molecule has 154 valence electrons. The summed E-state index contributed by atoms with van der Waals surface area (Å²) in [6, 6.07) is 11.3. The van der Waals surface area contributed by atoms with Crippen molar-refractivity contribution in [3.05, 3.63) is 59.4 Å². The molecule has 2 heterocycles. The Bertz CT molecular complexity index is 968. The molecule has 7 heteroatoms. The van der Waals surface area contributed by atoms with Gasteiger partial charge >= 0.3 is 0 Å². The molecule has 0 bridgehead atoms. The van der Waals surface area contributed by atoms with Gasteiger partial charge in [-0.15, -0.1) is 0 Å². The smallest absolute Gasteiger partial charge is 0.243 e. The Morgan fingerprint density at radius 3 is 2.66 bits per heavy atom. The highest BCUT2D eigenvalue weighted by atomic mass is 32.2. The van der Waals surface area contributed by atoms with E-state index >= 15 is 0 Å². The number of carbonyl (C=O) groups excluding carboxylic acids is 1. The number of piperidine rings is 1. The number of fused-ring (bicyclic) bond motifs is 1. The third kappa shape index (κ3) is 4.51. The largest absolute Gasteiger partial charge is 0.355 e. The Kier molecular flexibility index (Phi) is 5.96. The molecule has 6 nitrogen and oxygen atoms in total. The van der Waals surface area contributed by atoms with Gasteiger partial charge in [-0.1, -0.05) is 12.1 Å². The summed E-state index contributed by atoms with van der Waals surface area (Å²) >= 11 is 0. The van der Waals surface area contributed by atoms with E-state index in [0.29, 0.717) is 43.8 Å². The highest BCUT2D eigenvalue weighted by Gasteiger charge is 2.32. The highest BCUT2D eigenvalue weighted by molar-refractivity contribution is 7.89. The molecule has 4 rings (SSSR count). The van der Waals surface area contributed by atoms with Crippen LogP contribution in [0.3, 0.4) is 0 Å². The standard InChI is InChI=1S/C22H27N3O3S/c26-22(24-13-9-20-6-1-2-12-23-20)18-10-14-25(15-11-18)29(27,28)21-8-7-17-4-3-5-19(17)16-21/h1-2,6-8,12,16,18H,3-5,9-11,13-15H2,(H,24,26). The molecule has 1 aromatic heterocycles. The van der Waals surface area contributed by atoms with Gasteiger partial charge in [0.15, 0.2) is 0 Å². The second-order valence-corrected chi connectivity index (χ2v) is 9.76. The van der Waals surface area contributed by atoms with Crippen LogP contribution in [0.5, 0.6) is 0 Å². The van der Waals surface area contributed by atoms with E-state index in [0.717, 1.165) is 30.5 Å². The number of rotatable bonds is 6. The highest BCUT2D eigenvalue weighted by Crippen LogP contribution is 2.28. The zero-order chi connectivity index (χ0) is 20.3. The number of pyridine rings is 1. The molecule has 0 spiro atoms. The maximum atomic E-state index is 13.0. The molecule has 1 N–H and O–H groups in total. The van der Waals surface area contributed by atoms with Crippen molar-refractivity contribution in [1.82, 2.24) is 14.6 Å². The van der Waals surface area contributed by atoms with Crippen LogP contribution in [0.4, 0.5) is 0 Å². The molecule has 0 saturated carbocycles. The van der Waals surface area contributed by atoms with Crippen molar-refractivity contribution in [3.8, 4) is 0 Å². The van der Waals surface area contributed by atoms with E-state index in [1.165, 1.54) is 9.87 Å². The van der Waals surface area contributed by atoms with Gasteiger partial charge in [0, 0.05) is 43.9 Å². The lowest BCUT2D eigenvalue weighted by molar-refractivity contribution is -0.126. The first-order chi connectivity index (χ1) is 14.0. The summed E-state index contributed by atoms with van der Waals surface area (Å²) in [6.07, 6.45) is 6.64. The number of aryl methyl sites for hydroxylation is 2. The minimum absolute atomic E-state index is 0.00973. The molecule has 1 fully saturated rings. The van der Waals surface area contributed by atoms with Gasteiger partial charge in [-0.05, 0) is 67.5 Å². The first kappa shape index (κ1) is 20.0. The lowest BCUT2D eigenvalue weighted by Crippen LogP contribution is -2.43. The molecule has 1 saturated heterocycles. The Labute approximate surface area is 172 Å². The lowest BCUT2D eigenvalue weighted by Gasteiger charge is -2.30. The first-order valence-electron chi connectivity index (χ1n) is 10.3. The Morgan fingerprint density at radius 2 is 1.90 bits per heavy atom. The summed E-state index contributed by atoms with van der Waals surface area (Å²) in [7, 11) is -3.49. The zero-order valence-corrected chi connectivity index (χ0v) is 17.3. The van der Waals surface area contributed by atoms with Crippen LogP contribution in [-0.4, -0.2) is 43.2 Å². The van der Waals surface area contributed by atoms with Crippen LogP contribution < -0.4 is 5.32 Å². The van der Waals surface area contributed by atoms with E-state index in [4.69, 9.17) is 0 Å². The van der Waals surface area contributed by atoms with Crippen molar-refractivity contribution >= 4 is 15.9 Å². The molecule has 2 aromatic rings.